The van der Waals surface area contributed by atoms with Crippen LogP contribution in [0.3, 0.4) is 0 Å². The van der Waals surface area contributed by atoms with Crippen LogP contribution < -0.4 is 5.73 Å². The number of nitrogens with zero attached hydrogens (tertiary/aromatic N) is 2. The van der Waals surface area contributed by atoms with Gasteiger partial charge < -0.3 is 15.2 Å². The largest absolute Gasteiger partial charge is 0.462 e. The monoisotopic (exact) mass is 413 g/mol. The van der Waals surface area contributed by atoms with Gasteiger partial charge in [0.05, 0.1) is 37.0 Å². The summed E-state index contributed by atoms with van der Waals surface area (Å²) in [6, 6.07) is 3.72. The van der Waals surface area contributed by atoms with Crippen LogP contribution in [0.4, 0.5) is 0 Å². The lowest BCUT2D eigenvalue weighted by atomic mass is 9.63. The molecule has 0 bridgehead atoms. The van der Waals surface area contributed by atoms with Gasteiger partial charge in [-0.3, -0.25) is 14.8 Å². The Bertz CT molecular complexity index is 845. The Kier molecular flexibility index (Phi) is 7.15. The van der Waals surface area contributed by atoms with Crippen LogP contribution in [-0.2, 0) is 19.1 Å². The summed E-state index contributed by atoms with van der Waals surface area (Å²) < 4.78 is 11.1. The number of esters is 1. The van der Waals surface area contributed by atoms with E-state index in [1.54, 1.807) is 12.4 Å². The number of nitrogens with two attached hydrogens (primary N) is 1. The highest BCUT2D eigenvalue weighted by Gasteiger charge is 2.48. The minimum absolute atomic E-state index is 0.0987. The smallest absolute Gasteiger partial charge is 0.336 e. The third-order valence-electron chi connectivity index (χ3n) is 5.45. The molecule has 2 aliphatic rings. The number of pyridine rings is 1. The molecule has 0 aromatic carbocycles. The van der Waals surface area contributed by atoms with Crippen molar-refractivity contribution >= 4 is 17.5 Å². The number of ketones is 1. The Morgan fingerprint density at radius 3 is 2.73 bits per heavy atom. The van der Waals surface area contributed by atoms with Crippen molar-refractivity contribution in [2.75, 3.05) is 26.4 Å². The topological polar surface area (TPSA) is 104 Å². The van der Waals surface area contributed by atoms with Gasteiger partial charge in [-0.15, -0.1) is 0 Å². The van der Waals surface area contributed by atoms with Crippen LogP contribution in [0.1, 0.15) is 51.5 Å². The molecule has 3 rings (SSSR count). The second-order valence-electron chi connectivity index (χ2n) is 8.67. The van der Waals surface area contributed by atoms with Crippen LogP contribution >= 0.6 is 0 Å². The fraction of sp³-hybridized carbons (Fsp3) is 0.565. The van der Waals surface area contributed by atoms with Gasteiger partial charge >= 0.3 is 5.97 Å². The van der Waals surface area contributed by atoms with Gasteiger partial charge in [0.15, 0.2) is 0 Å². The normalized spacial score (nSPS) is 23.1. The van der Waals surface area contributed by atoms with Crippen LogP contribution in [0.5, 0.6) is 0 Å². The van der Waals surface area contributed by atoms with E-state index in [2.05, 4.69) is 18.8 Å². The molecule has 7 heteroatoms. The van der Waals surface area contributed by atoms with Crippen molar-refractivity contribution in [2.45, 2.75) is 46.0 Å². The molecular weight excluding hydrogens is 382 g/mol. The molecule has 1 aromatic heterocycles. The Balaban J connectivity index is 2.13. The first-order valence-electron chi connectivity index (χ1n) is 10.6. The number of ether oxygens (including phenoxy) is 2. The molecule has 1 aliphatic heterocycles. The molecule has 2 N–H and O–H groups in total. The molecule has 162 valence electrons. The zero-order valence-corrected chi connectivity index (χ0v) is 18.0. The summed E-state index contributed by atoms with van der Waals surface area (Å²) in [7, 11) is 0. The lowest BCUT2D eigenvalue weighted by molar-refractivity contribution is -0.139. The second kappa shape index (κ2) is 9.62. The lowest BCUT2D eigenvalue weighted by Crippen LogP contribution is -2.44. The minimum Gasteiger partial charge on any atom is -0.462 e. The number of fused-ring (bicyclic) bond motifs is 1. The summed E-state index contributed by atoms with van der Waals surface area (Å²) in [6.07, 6.45) is 5.24. The van der Waals surface area contributed by atoms with E-state index in [1.807, 2.05) is 19.1 Å². The quantitative estimate of drug-likeness (QED) is 0.519. The van der Waals surface area contributed by atoms with E-state index in [4.69, 9.17) is 20.2 Å². The molecule has 7 nitrogen and oxygen atoms in total. The first kappa shape index (κ1) is 22.3. The molecule has 0 amide bonds. The van der Waals surface area contributed by atoms with E-state index in [0.29, 0.717) is 50.3 Å². The van der Waals surface area contributed by atoms with Gasteiger partial charge in [-0.2, -0.15) is 0 Å². The van der Waals surface area contributed by atoms with E-state index in [1.165, 1.54) is 0 Å². The number of aromatic nitrogens is 1. The first-order chi connectivity index (χ1) is 14.4. The van der Waals surface area contributed by atoms with Gasteiger partial charge in [0.25, 0.3) is 0 Å². The Labute approximate surface area is 177 Å². The highest BCUT2D eigenvalue weighted by atomic mass is 16.5. The van der Waals surface area contributed by atoms with E-state index in [9.17, 15) is 9.59 Å². The minimum atomic E-state index is -0.482. The predicted molar refractivity (Wildman–Crippen MR) is 114 cm³/mol. The fourth-order valence-electron chi connectivity index (χ4n) is 4.30. The van der Waals surface area contributed by atoms with Crippen LogP contribution in [0.2, 0.25) is 0 Å². The highest BCUT2D eigenvalue weighted by Crippen LogP contribution is 2.46. The van der Waals surface area contributed by atoms with E-state index in [0.717, 1.165) is 11.3 Å². The third-order valence-corrected chi connectivity index (χ3v) is 5.45. The standard InChI is InChI=1S/C23H31N3O4/c1-4-9-30-22(28)21-17(14-29-10-7-24)26-16-11-23(2,3)12-18(27)20(16)19(21)15-6-5-8-25-13-15/h5-6,8,13,19-20H,4,7,9-12,14,24H2,1-3H3. The maximum absolute atomic E-state index is 13.3. The van der Waals surface area contributed by atoms with E-state index < -0.39 is 17.8 Å². The number of carbonyl (C=O) groups is 2. The summed E-state index contributed by atoms with van der Waals surface area (Å²) in [4.78, 5) is 35.4. The number of rotatable bonds is 8. The van der Waals surface area contributed by atoms with Gasteiger partial charge in [-0.05, 0) is 29.9 Å². The van der Waals surface area contributed by atoms with Crippen molar-refractivity contribution < 1.29 is 19.1 Å². The van der Waals surface area contributed by atoms with Crippen molar-refractivity contribution in [2.24, 2.45) is 22.1 Å². The van der Waals surface area contributed by atoms with Crippen molar-refractivity contribution in [1.29, 1.82) is 0 Å². The second-order valence-corrected chi connectivity index (χ2v) is 8.67. The molecule has 30 heavy (non-hydrogen) atoms. The predicted octanol–water partition coefficient (Wildman–Crippen LogP) is 2.81. The molecule has 1 saturated carbocycles. The molecule has 0 spiro atoms. The average molecular weight is 414 g/mol. The molecule has 0 saturated heterocycles. The van der Waals surface area contributed by atoms with Gasteiger partial charge in [0, 0.05) is 37.0 Å². The van der Waals surface area contributed by atoms with Crippen LogP contribution in [0.25, 0.3) is 0 Å². The maximum atomic E-state index is 13.3. The van der Waals surface area contributed by atoms with Gasteiger partial charge in [0.2, 0.25) is 0 Å². The zero-order valence-electron chi connectivity index (χ0n) is 18.0. The summed E-state index contributed by atoms with van der Waals surface area (Å²) in [5.74, 6) is -1.31. The molecule has 2 unspecified atom stereocenters. The number of carbonyl (C=O) groups excluding carboxylic acids is 2. The van der Waals surface area contributed by atoms with Gasteiger partial charge in [-0.25, -0.2) is 4.79 Å². The molecule has 2 atom stereocenters. The summed E-state index contributed by atoms with van der Waals surface area (Å²) in [5, 5.41) is 0. The van der Waals surface area contributed by atoms with Crippen LogP contribution in [-0.4, -0.2) is 48.8 Å². The Hall–Kier alpha value is -2.38. The van der Waals surface area contributed by atoms with Gasteiger partial charge in [0.1, 0.15) is 5.78 Å². The highest BCUT2D eigenvalue weighted by molar-refractivity contribution is 6.12. The SMILES string of the molecule is CCCOC(=O)C1=C(COCCN)N=C2CC(C)(C)CC(=O)C2C1c1cccnc1. The van der Waals surface area contributed by atoms with Crippen molar-refractivity contribution in [3.05, 3.63) is 41.4 Å². The van der Waals surface area contributed by atoms with E-state index >= 15 is 0 Å². The molecule has 0 radical (unpaired) electrons. The zero-order chi connectivity index (χ0) is 21.7. The molecular formula is C23H31N3O4. The molecule has 1 aliphatic carbocycles. The third kappa shape index (κ3) is 4.84. The average Bonchev–Trinajstić information content (AvgIpc) is 2.71. The fourth-order valence-corrected chi connectivity index (χ4v) is 4.30. The summed E-state index contributed by atoms with van der Waals surface area (Å²) in [5.41, 5.74) is 7.93. The molecule has 2 heterocycles. The first-order valence-corrected chi connectivity index (χ1v) is 10.6. The van der Waals surface area contributed by atoms with E-state index in [-0.39, 0.29) is 17.8 Å². The van der Waals surface area contributed by atoms with Crippen LogP contribution in [0, 0.1) is 11.3 Å². The van der Waals surface area contributed by atoms with Crippen molar-refractivity contribution in [1.82, 2.24) is 4.98 Å². The van der Waals surface area contributed by atoms with Crippen molar-refractivity contribution in [3.8, 4) is 0 Å². The summed E-state index contributed by atoms with van der Waals surface area (Å²) >= 11 is 0. The van der Waals surface area contributed by atoms with Gasteiger partial charge in [-0.1, -0.05) is 26.8 Å². The Morgan fingerprint density at radius 1 is 1.27 bits per heavy atom. The lowest BCUT2D eigenvalue weighted by Gasteiger charge is -2.41. The number of aliphatic imine (C=N–C) groups is 1. The number of Topliss-reactive ketones (excluding diaryl/α,β-unsaturated/α-hetero) is 1. The molecule has 1 aromatic rings. The number of hydrogen-bond donors (Lipinski definition) is 1. The molecule has 1 fully saturated rings. The van der Waals surface area contributed by atoms with Crippen LogP contribution in [0.15, 0.2) is 40.8 Å². The number of hydrogen-bond acceptors (Lipinski definition) is 7. The maximum Gasteiger partial charge on any atom is 0.336 e. The summed E-state index contributed by atoms with van der Waals surface area (Å²) in [6.45, 7) is 7.27. The van der Waals surface area contributed by atoms with Crippen molar-refractivity contribution in [3.63, 3.8) is 0 Å². The Morgan fingerprint density at radius 2 is 2.07 bits per heavy atom.